The summed E-state index contributed by atoms with van der Waals surface area (Å²) in [7, 11) is 3.20. The van der Waals surface area contributed by atoms with Gasteiger partial charge in [-0.3, -0.25) is 0 Å². The van der Waals surface area contributed by atoms with Gasteiger partial charge in [-0.1, -0.05) is 49.8 Å². The van der Waals surface area contributed by atoms with Crippen molar-refractivity contribution in [1.29, 1.82) is 0 Å². The molecule has 0 aliphatic rings. The van der Waals surface area contributed by atoms with Gasteiger partial charge >= 0.3 is 12.1 Å². The minimum atomic E-state index is -0.597. The summed E-state index contributed by atoms with van der Waals surface area (Å²) >= 11 is 2.69. The number of thioether (sulfide) groups is 1. The molecule has 0 fully saturated rings. The number of rotatable bonds is 6. The van der Waals surface area contributed by atoms with Crippen LogP contribution in [0.25, 0.3) is 0 Å². The molecule has 0 radical (unpaired) electrons. The molecule has 0 N–H and O–H groups in total. The normalized spacial score (nSPS) is 11.5. The second-order valence-corrected chi connectivity index (χ2v) is 7.07. The molecule has 1 rings (SSSR count). The number of carbonyl (C=O) groups excluding carboxylic acids is 2. The molecule has 0 aliphatic heterocycles. The zero-order chi connectivity index (χ0) is 16.5. The zero-order valence-electron chi connectivity index (χ0n) is 13.4. The lowest BCUT2D eigenvalue weighted by molar-refractivity contribution is 0.141. The number of unbranched alkanes of at least 4 members (excludes halogenated alkanes) is 2. The average Bonchev–Trinajstić information content (AvgIpc) is 2.86. The van der Waals surface area contributed by atoms with Gasteiger partial charge in [-0.05, 0) is 12.2 Å². The molecule has 124 valence electrons. The minimum absolute atomic E-state index is 0.232. The monoisotopic (exact) mass is 346 g/mol. The Morgan fingerprint density at radius 1 is 1.36 bits per heavy atom. The van der Waals surface area contributed by atoms with Gasteiger partial charge in [0.15, 0.2) is 4.34 Å². The molecule has 2 amide bonds. The van der Waals surface area contributed by atoms with E-state index in [0.717, 1.165) is 29.7 Å². The Bertz CT molecular complexity index is 566. The fourth-order valence-corrected chi connectivity index (χ4v) is 3.19. The molecule has 0 bridgehead atoms. The zero-order valence-corrected chi connectivity index (χ0v) is 15.0. The fourth-order valence-electron chi connectivity index (χ4n) is 1.39. The van der Waals surface area contributed by atoms with Gasteiger partial charge in [-0.25, -0.2) is 9.59 Å². The van der Waals surface area contributed by atoms with Gasteiger partial charge < -0.3 is 9.64 Å². The van der Waals surface area contributed by atoms with Crippen LogP contribution >= 0.6 is 23.1 Å². The Morgan fingerprint density at radius 3 is 2.68 bits per heavy atom. The summed E-state index contributed by atoms with van der Waals surface area (Å²) in [5, 5.41) is 4.17. The van der Waals surface area contributed by atoms with Crippen molar-refractivity contribution in [3.05, 3.63) is 4.80 Å². The van der Waals surface area contributed by atoms with Crippen LogP contribution in [0.15, 0.2) is 9.33 Å². The van der Waals surface area contributed by atoms with Crippen molar-refractivity contribution in [1.82, 2.24) is 14.7 Å². The van der Waals surface area contributed by atoms with Crippen LogP contribution in [-0.2, 0) is 4.74 Å². The van der Waals surface area contributed by atoms with Crippen LogP contribution in [0.4, 0.5) is 9.59 Å². The molecule has 7 nitrogen and oxygen atoms in total. The molecule has 1 aromatic rings. The van der Waals surface area contributed by atoms with Crippen LogP contribution in [0.1, 0.15) is 33.1 Å². The van der Waals surface area contributed by atoms with Crippen molar-refractivity contribution in [3.63, 3.8) is 0 Å². The third-order valence-corrected chi connectivity index (χ3v) is 4.45. The second kappa shape index (κ2) is 9.62. The summed E-state index contributed by atoms with van der Waals surface area (Å²) in [6.07, 6.45) is 2.27. The summed E-state index contributed by atoms with van der Waals surface area (Å²) in [4.78, 5) is 29.3. The third kappa shape index (κ3) is 5.80. The van der Waals surface area contributed by atoms with Crippen molar-refractivity contribution in [2.24, 2.45) is 4.99 Å². The topological polar surface area (TPSA) is 76.8 Å². The highest BCUT2D eigenvalue weighted by molar-refractivity contribution is 8.00. The molecule has 9 heteroatoms. The van der Waals surface area contributed by atoms with E-state index in [4.69, 9.17) is 4.74 Å². The molecular formula is C13H22N4O3S2. The maximum Gasteiger partial charge on any atom is 0.437 e. The Labute approximate surface area is 138 Å². The van der Waals surface area contributed by atoms with Crippen molar-refractivity contribution < 1.29 is 14.3 Å². The number of hydrogen-bond donors (Lipinski definition) is 0. The molecule has 0 saturated carbocycles. The highest BCUT2D eigenvalue weighted by atomic mass is 32.2. The van der Waals surface area contributed by atoms with Gasteiger partial charge in [0.05, 0.1) is 6.61 Å². The lowest BCUT2D eigenvalue weighted by Crippen LogP contribution is -2.29. The summed E-state index contributed by atoms with van der Waals surface area (Å²) in [6.45, 7) is 4.41. The predicted octanol–water partition coefficient (Wildman–Crippen LogP) is 2.81. The van der Waals surface area contributed by atoms with E-state index >= 15 is 0 Å². The SMILES string of the molecule is CCCCCOC(=O)n1nc(SCC)sc1=NC(=O)N(C)C. The van der Waals surface area contributed by atoms with Crippen LogP contribution in [0, 0.1) is 0 Å². The van der Waals surface area contributed by atoms with E-state index in [2.05, 4.69) is 17.0 Å². The standard InChI is InChI=1S/C13H22N4O3S2/c1-5-7-8-9-20-13(19)17-11(14-10(18)16(3)4)22-12(15-17)21-6-2/h5-9H2,1-4H3. The van der Waals surface area contributed by atoms with Gasteiger partial charge in [0.1, 0.15) is 0 Å². The molecule has 0 atom stereocenters. The fraction of sp³-hybridized carbons (Fsp3) is 0.692. The highest BCUT2D eigenvalue weighted by Crippen LogP contribution is 2.17. The van der Waals surface area contributed by atoms with E-state index in [1.807, 2.05) is 6.92 Å². The molecule has 22 heavy (non-hydrogen) atoms. The smallest absolute Gasteiger partial charge is 0.437 e. The Morgan fingerprint density at radius 2 is 2.09 bits per heavy atom. The molecule has 0 saturated heterocycles. The number of amides is 2. The number of carbonyl (C=O) groups is 2. The van der Waals surface area contributed by atoms with Gasteiger partial charge in [-0.2, -0.15) is 4.99 Å². The molecular weight excluding hydrogens is 324 g/mol. The summed E-state index contributed by atoms with van der Waals surface area (Å²) in [6, 6.07) is -0.441. The van der Waals surface area contributed by atoms with Crippen molar-refractivity contribution in [2.75, 3.05) is 26.5 Å². The molecule has 1 heterocycles. The number of nitrogens with zero attached hydrogens (tertiary/aromatic N) is 4. The largest absolute Gasteiger partial charge is 0.448 e. The van der Waals surface area contributed by atoms with Gasteiger partial charge in [0, 0.05) is 14.1 Å². The van der Waals surface area contributed by atoms with Crippen LogP contribution in [-0.4, -0.2) is 53.3 Å². The first-order valence-electron chi connectivity index (χ1n) is 7.15. The van der Waals surface area contributed by atoms with Crippen molar-refractivity contribution in [2.45, 2.75) is 37.4 Å². The number of ether oxygens (including phenoxy) is 1. The molecule has 0 aliphatic carbocycles. The van der Waals surface area contributed by atoms with E-state index in [9.17, 15) is 9.59 Å². The van der Waals surface area contributed by atoms with Gasteiger partial charge in [-0.15, -0.1) is 9.78 Å². The third-order valence-electron chi connectivity index (χ3n) is 2.53. The van der Waals surface area contributed by atoms with Gasteiger partial charge in [0.2, 0.25) is 4.80 Å². The molecule has 1 aromatic heterocycles. The maximum atomic E-state index is 12.1. The Kier molecular flexibility index (Phi) is 8.18. The Balaban J connectivity index is 2.95. The van der Waals surface area contributed by atoms with Crippen molar-refractivity contribution in [3.8, 4) is 0 Å². The van der Waals surface area contributed by atoms with Gasteiger partial charge in [0.25, 0.3) is 0 Å². The second-order valence-electron chi connectivity index (χ2n) is 4.61. The number of aromatic nitrogens is 2. The van der Waals surface area contributed by atoms with Crippen LogP contribution < -0.4 is 4.80 Å². The first-order chi connectivity index (χ1) is 10.5. The van der Waals surface area contributed by atoms with Crippen LogP contribution in [0.3, 0.4) is 0 Å². The number of hydrogen-bond acceptors (Lipinski definition) is 6. The van der Waals surface area contributed by atoms with E-state index in [0.29, 0.717) is 10.9 Å². The quantitative estimate of drug-likeness (QED) is 0.585. The highest BCUT2D eigenvalue weighted by Gasteiger charge is 2.15. The van der Waals surface area contributed by atoms with E-state index < -0.39 is 12.1 Å². The van der Waals surface area contributed by atoms with Crippen molar-refractivity contribution >= 4 is 35.2 Å². The Hall–Kier alpha value is -1.35. The summed E-state index contributed by atoms with van der Waals surface area (Å²) in [5.41, 5.74) is 0. The number of urea groups is 1. The van der Waals surface area contributed by atoms with Crippen LogP contribution in [0.2, 0.25) is 0 Å². The summed E-state index contributed by atoms with van der Waals surface area (Å²) < 4.78 is 6.92. The molecule has 0 aromatic carbocycles. The first-order valence-corrected chi connectivity index (χ1v) is 8.95. The summed E-state index contributed by atoms with van der Waals surface area (Å²) in [5.74, 6) is 0.820. The van der Waals surface area contributed by atoms with E-state index in [-0.39, 0.29) is 4.80 Å². The maximum absolute atomic E-state index is 12.1. The van der Waals surface area contributed by atoms with E-state index in [1.165, 1.54) is 28.0 Å². The first kappa shape index (κ1) is 18.7. The predicted molar refractivity (Wildman–Crippen MR) is 87.4 cm³/mol. The molecule has 0 spiro atoms. The lowest BCUT2D eigenvalue weighted by Gasteiger charge is -2.05. The lowest BCUT2D eigenvalue weighted by atomic mass is 10.3. The van der Waals surface area contributed by atoms with Crippen LogP contribution in [0.5, 0.6) is 0 Å². The average molecular weight is 346 g/mol. The van der Waals surface area contributed by atoms with E-state index in [1.54, 1.807) is 14.1 Å². The molecule has 0 unspecified atom stereocenters. The minimum Gasteiger partial charge on any atom is -0.448 e.